The minimum Gasteiger partial charge on any atom is -0.457 e. The van der Waals surface area contributed by atoms with Gasteiger partial charge in [0.1, 0.15) is 12.5 Å². The van der Waals surface area contributed by atoms with Crippen LogP contribution in [-0.4, -0.2) is 12.3 Å². The van der Waals surface area contributed by atoms with Crippen LogP contribution in [0.3, 0.4) is 0 Å². The molecule has 1 aliphatic heterocycles. The Bertz CT molecular complexity index is 126. The summed E-state index contributed by atoms with van der Waals surface area (Å²) in [4.78, 5) is 0. The smallest absolute Gasteiger partial charge is 0.247 e. The third-order valence-electron chi connectivity index (χ3n) is 1.53. The molecule has 0 atom stereocenters. The van der Waals surface area contributed by atoms with Gasteiger partial charge < -0.3 is 15.2 Å². The van der Waals surface area contributed by atoms with Crippen molar-refractivity contribution in [3.63, 3.8) is 0 Å². The first-order valence-corrected chi connectivity index (χ1v) is 3.47. The van der Waals surface area contributed by atoms with Gasteiger partial charge in [0.2, 0.25) is 5.79 Å². The SMILES string of the molecule is CC1(CCCN)OC=CO1. The third-order valence-corrected chi connectivity index (χ3v) is 1.53. The quantitative estimate of drug-likeness (QED) is 0.640. The highest BCUT2D eigenvalue weighted by molar-refractivity contribution is 4.79. The molecule has 1 rings (SSSR count). The Labute approximate surface area is 60.8 Å². The molecule has 0 saturated heterocycles. The largest absolute Gasteiger partial charge is 0.457 e. The van der Waals surface area contributed by atoms with E-state index < -0.39 is 5.79 Å². The van der Waals surface area contributed by atoms with E-state index >= 15 is 0 Å². The molecule has 0 aromatic rings. The lowest BCUT2D eigenvalue weighted by Crippen LogP contribution is -2.26. The summed E-state index contributed by atoms with van der Waals surface area (Å²) in [5.74, 6) is -0.445. The van der Waals surface area contributed by atoms with Crippen molar-refractivity contribution >= 4 is 0 Å². The van der Waals surface area contributed by atoms with Crippen molar-refractivity contribution in [1.29, 1.82) is 0 Å². The Kier molecular flexibility index (Phi) is 2.17. The topological polar surface area (TPSA) is 44.5 Å². The number of nitrogens with two attached hydrogens (primary N) is 1. The summed E-state index contributed by atoms with van der Waals surface area (Å²) in [5.41, 5.74) is 5.33. The van der Waals surface area contributed by atoms with Crippen LogP contribution in [0.1, 0.15) is 19.8 Å². The van der Waals surface area contributed by atoms with Crippen LogP contribution in [-0.2, 0) is 9.47 Å². The van der Waals surface area contributed by atoms with Gasteiger partial charge >= 0.3 is 0 Å². The van der Waals surface area contributed by atoms with Crippen LogP contribution < -0.4 is 5.73 Å². The average molecular weight is 143 g/mol. The maximum Gasteiger partial charge on any atom is 0.247 e. The van der Waals surface area contributed by atoms with E-state index in [-0.39, 0.29) is 0 Å². The van der Waals surface area contributed by atoms with Crippen molar-refractivity contribution in [2.24, 2.45) is 5.73 Å². The molecule has 0 aliphatic carbocycles. The maximum absolute atomic E-state index is 5.33. The zero-order valence-electron chi connectivity index (χ0n) is 6.17. The molecule has 0 saturated carbocycles. The van der Waals surface area contributed by atoms with Crippen molar-refractivity contribution in [3.05, 3.63) is 12.5 Å². The lowest BCUT2D eigenvalue weighted by Gasteiger charge is -2.22. The number of ether oxygens (including phenoxy) is 2. The summed E-state index contributed by atoms with van der Waals surface area (Å²) in [7, 11) is 0. The zero-order valence-corrected chi connectivity index (χ0v) is 6.17. The van der Waals surface area contributed by atoms with Crippen LogP contribution >= 0.6 is 0 Å². The summed E-state index contributed by atoms with van der Waals surface area (Å²) in [6, 6.07) is 0. The van der Waals surface area contributed by atoms with Gasteiger partial charge in [-0.3, -0.25) is 0 Å². The Morgan fingerprint density at radius 3 is 2.50 bits per heavy atom. The molecule has 0 amide bonds. The molecule has 0 bridgehead atoms. The van der Waals surface area contributed by atoms with E-state index in [1.807, 2.05) is 6.92 Å². The molecule has 0 aromatic carbocycles. The number of rotatable bonds is 3. The molecule has 0 spiro atoms. The van der Waals surface area contributed by atoms with E-state index in [2.05, 4.69) is 0 Å². The van der Waals surface area contributed by atoms with Crippen molar-refractivity contribution in [1.82, 2.24) is 0 Å². The molecule has 2 N–H and O–H groups in total. The lowest BCUT2D eigenvalue weighted by atomic mass is 10.2. The van der Waals surface area contributed by atoms with Crippen molar-refractivity contribution < 1.29 is 9.47 Å². The van der Waals surface area contributed by atoms with Gasteiger partial charge in [-0.05, 0) is 13.0 Å². The van der Waals surface area contributed by atoms with Gasteiger partial charge in [0.25, 0.3) is 0 Å². The fourth-order valence-electron chi connectivity index (χ4n) is 0.912. The van der Waals surface area contributed by atoms with E-state index in [0.29, 0.717) is 6.54 Å². The zero-order chi connectivity index (χ0) is 7.45. The van der Waals surface area contributed by atoms with E-state index in [9.17, 15) is 0 Å². The molecule has 0 radical (unpaired) electrons. The van der Waals surface area contributed by atoms with Gasteiger partial charge in [-0.15, -0.1) is 0 Å². The van der Waals surface area contributed by atoms with E-state index in [0.717, 1.165) is 12.8 Å². The van der Waals surface area contributed by atoms with E-state index in [1.54, 1.807) is 12.5 Å². The van der Waals surface area contributed by atoms with Crippen LogP contribution in [0.15, 0.2) is 12.5 Å². The Hall–Kier alpha value is -0.700. The molecule has 0 unspecified atom stereocenters. The van der Waals surface area contributed by atoms with Crippen molar-refractivity contribution in [2.45, 2.75) is 25.6 Å². The first-order chi connectivity index (χ1) is 4.77. The molecule has 0 aromatic heterocycles. The van der Waals surface area contributed by atoms with Crippen LogP contribution in [0.2, 0.25) is 0 Å². The number of hydrogen-bond donors (Lipinski definition) is 1. The van der Waals surface area contributed by atoms with E-state index in [4.69, 9.17) is 15.2 Å². The Balaban J connectivity index is 2.24. The number of hydrogen-bond acceptors (Lipinski definition) is 3. The van der Waals surface area contributed by atoms with Gasteiger partial charge in [-0.25, -0.2) is 0 Å². The van der Waals surface area contributed by atoms with Crippen LogP contribution in [0.4, 0.5) is 0 Å². The summed E-state index contributed by atoms with van der Waals surface area (Å²) in [6.07, 6.45) is 4.90. The predicted octanol–water partition coefficient (Wildman–Crippen LogP) is 0.960. The minimum atomic E-state index is -0.445. The van der Waals surface area contributed by atoms with Gasteiger partial charge in [-0.2, -0.15) is 0 Å². The molecular formula is C7H13NO2. The molecule has 58 valence electrons. The molecule has 3 heteroatoms. The van der Waals surface area contributed by atoms with Gasteiger partial charge in [-0.1, -0.05) is 0 Å². The second-order valence-corrected chi connectivity index (χ2v) is 2.53. The molecule has 1 aliphatic rings. The average Bonchev–Trinajstić information content (AvgIpc) is 2.33. The van der Waals surface area contributed by atoms with Crippen LogP contribution in [0.25, 0.3) is 0 Å². The highest BCUT2D eigenvalue weighted by Gasteiger charge is 2.27. The van der Waals surface area contributed by atoms with Gasteiger partial charge in [0.05, 0.1) is 0 Å². The summed E-state index contributed by atoms with van der Waals surface area (Å²) in [5, 5.41) is 0. The summed E-state index contributed by atoms with van der Waals surface area (Å²) in [6.45, 7) is 2.59. The summed E-state index contributed by atoms with van der Waals surface area (Å²) >= 11 is 0. The molecule has 3 nitrogen and oxygen atoms in total. The Morgan fingerprint density at radius 2 is 2.00 bits per heavy atom. The second-order valence-electron chi connectivity index (χ2n) is 2.53. The minimum absolute atomic E-state index is 0.445. The predicted molar refractivity (Wildman–Crippen MR) is 38.0 cm³/mol. The van der Waals surface area contributed by atoms with E-state index in [1.165, 1.54) is 0 Å². The molecule has 0 fully saturated rings. The monoisotopic (exact) mass is 143 g/mol. The maximum atomic E-state index is 5.33. The van der Waals surface area contributed by atoms with Gasteiger partial charge in [0.15, 0.2) is 0 Å². The first kappa shape index (κ1) is 7.41. The third kappa shape index (κ3) is 1.64. The van der Waals surface area contributed by atoms with Crippen LogP contribution in [0.5, 0.6) is 0 Å². The molecular weight excluding hydrogens is 130 g/mol. The molecule has 10 heavy (non-hydrogen) atoms. The van der Waals surface area contributed by atoms with Gasteiger partial charge in [0, 0.05) is 13.3 Å². The fraction of sp³-hybridized carbons (Fsp3) is 0.714. The normalized spacial score (nSPS) is 20.2. The highest BCUT2D eigenvalue weighted by Crippen LogP contribution is 2.24. The van der Waals surface area contributed by atoms with Crippen molar-refractivity contribution in [2.75, 3.05) is 6.54 Å². The lowest BCUT2D eigenvalue weighted by molar-refractivity contribution is -0.131. The Morgan fingerprint density at radius 1 is 1.40 bits per heavy atom. The highest BCUT2D eigenvalue weighted by atomic mass is 16.7. The molecule has 1 heterocycles. The fourth-order valence-corrected chi connectivity index (χ4v) is 0.912. The first-order valence-electron chi connectivity index (χ1n) is 3.47. The standard InChI is InChI=1S/C7H13NO2/c1-7(3-2-4-8)9-5-6-10-7/h5-6H,2-4,8H2,1H3. The summed E-state index contributed by atoms with van der Waals surface area (Å²) < 4.78 is 10.4. The second kappa shape index (κ2) is 2.92. The van der Waals surface area contributed by atoms with Crippen molar-refractivity contribution in [3.8, 4) is 0 Å². The van der Waals surface area contributed by atoms with Crippen LogP contribution in [0, 0.1) is 0 Å².